The molecule has 0 bridgehead atoms. The van der Waals surface area contributed by atoms with E-state index in [1.54, 1.807) is 0 Å². The molecular formula is C9H11NOS. The Kier molecular flexibility index (Phi) is 2.13. The minimum Gasteiger partial charge on any atom is -0.292 e. The first-order valence-electron chi connectivity index (χ1n) is 4.09. The van der Waals surface area contributed by atoms with Crippen molar-refractivity contribution in [2.45, 2.75) is 6.42 Å². The first kappa shape index (κ1) is 7.80. The standard InChI is InChI=1S/C9H11NOS/c11-12-8-4-7-10(12)9-5-2-1-3-6-9/h1-3,5-6H,4,7-8H2. The molecule has 12 heavy (non-hydrogen) atoms. The number of para-hydroxylation sites is 1. The van der Waals surface area contributed by atoms with Crippen molar-refractivity contribution in [3.63, 3.8) is 0 Å². The Labute approximate surface area is 74.8 Å². The lowest BCUT2D eigenvalue weighted by Crippen LogP contribution is -2.18. The molecule has 0 aliphatic carbocycles. The summed E-state index contributed by atoms with van der Waals surface area (Å²) in [6, 6.07) is 9.94. The Morgan fingerprint density at radius 2 is 2.00 bits per heavy atom. The normalized spacial score (nSPS) is 23.0. The van der Waals surface area contributed by atoms with Crippen molar-refractivity contribution >= 4 is 16.7 Å². The molecular weight excluding hydrogens is 170 g/mol. The van der Waals surface area contributed by atoms with E-state index in [0.717, 1.165) is 24.4 Å². The Bertz CT molecular complexity index is 286. The van der Waals surface area contributed by atoms with E-state index in [-0.39, 0.29) is 0 Å². The van der Waals surface area contributed by atoms with Crippen LogP contribution in [0.2, 0.25) is 0 Å². The maximum Gasteiger partial charge on any atom is 0.119 e. The molecule has 1 aliphatic rings. The van der Waals surface area contributed by atoms with Crippen molar-refractivity contribution in [1.29, 1.82) is 0 Å². The van der Waals surface area contributed by atoms with Gasteiger partial charge in [0.05, 0.1) is 0 Å². The van der Waals surface area contributed by atoms with E-state index in [1.807, 2.05) is 34.6 Å². The lowest BCUT2D eigenvalue weighted by Gasteiger charge is -2.14. The van der Waals surface area contributed by atoms with Crippen molar-refractivity contribution in [3.8, 4) is 0 Å². The summed E-state index contributed by atoms with van der Waals surface area (Å²) in [5.41, 5.74) is 1.08. The van der Waals surface area contributed by atoms with Gasteiger partial charge in [-0.3, -0.25) is 4.31 Å². The van der Waals surface area contributed by atoms with Crippen LogP contribution in [0.3, 0.4) is 0 Å². The Hall–Kier alpha value is -0.830. The lowest BCUT2D eigenvalue weighted by atomic mass is 10.3. The zero-order valence-electron chi connectivity index (χ0n) is 6.77. The smallest absolute Gasteiger partial charge is 0.119 e. The first-order valence-corrected chi connectivity index (χ1v) is 5.36. The molecule has 0 N–H and O–H groups in total. The Balaban J connectivity index is 2.25. The molecule has 1 unspecified atom stereocenters. The molecule has 0 saturated carbocycles. The van der Waals surface area contributed by atoms with Gasteiger partial charge in [0, 0.05) is 18.0 Å². The van der Waals surface area contributed by atoms with Crippen LogP contribution in [-0.4, -0.2) is 16.5 Å². The van der Waals surface area contributed by atoms with Gasteiger partial charge in [-0.1, -0.05) is 18.2 Å². The molecule has 1 atom stereocenters. The molecule has 0 radical (unpaired) electrons. The summed E-state index contributed by atoms with van der Waals surface area (Å²) in [6.07, 6.45) is 1.04. The maximum atomic E-state index is 11.4. The van der Waals surface area contributed by atoms with Gasteiger partial charge >= 0.3 is 0 Å². The summed E-state index contributed by atoms with van der Waals surface area (Å²) < 4.78 is 13.4. The van der Waals surface area contributed by atoms with E-state index in [9.17, 15) is 4.21 Å². The van der Waals surface area contributed by atoms with E-state index < -0.39 is 11.0 Å². The van der Waals surface area contributed by atoms with Crippen molar-refractivity contribution in [2.24, 2.45) is 0 Å². The quantitative estimate of drug-likeness (QED) is 0.644. The molecule has 0 amide bonds. The van der Waals surface area contributed by atoms with Crippen molar-refractivity contribution in [3.05, 3.63) is 30.3 Å². The minimum absolute atomic E-state index is 0.778. The Morgan fingerprint density at radius 1 is 1.25 bits per heavy atom. The first-order chi connectivity index (χ1) is 5.88. The Morgan fingerprint density at radius 3 is 2.58 bits per heavy atom. The van der Waals surface area contributed by atoms with Crippen LogP contribution in [-0.2, 0) is 11.0 Å². The average molecular weight is 181 g/mol. The second kappa shape index (κ2) is 3.27. The molecule has 1 heterocycles. The molecule has 0 spiro atoms. The third-order valence-electron chi connectivity index (χ3n) is 1.97. The highest BCUT2D eigenvalue weighted by molar-refractivity contribution is 7.86. The average Bonchev–Trinajstić information content (AvgIpc) is 2.53. The predicted molar refractivity (Wildman–Crippen MR) is 51.4 cm³/mol. The van der Waals surface area contributed by atoms with Crippen LogP contribution in [0.5, 0.6) is 0 Å². The van der Waals surface area contributed by atoms with Crippen molar-refractivity contribution in [1.82, 2.24) is 0 Å². The molecule has 64 valence electrons. The van der Waals surface area contributed by atoms with Crippen LogP contribution in [0.1, 0.15) is 6.42 Å². The fourth-order valence-corrected chi connectivity index (χ4v) is 2.67. The van der Waals surface area contributed by atoms with E-state index in [4.69, 9.17) is 0 Å². The van der Waals surface area contributed by atoms with Gasteiger partial charge in [-0.05, 0) is 18.6 Å². The topological polar surface area (TPSA) is 20.3 Å². The monoisotopic (exact) mass is 181 g/mol. The van der Waals surface area contributed by atoms with E-state index in [1.165, 1.54) is 0 Å². The molecule has 2 nitrogen and oxygen atoms in total. The summed E-state index contributed by atoms with van der Waals surface area (Å²) in [4.78, 5) is 0. The van der Waals surface area contributed by atoms with Crippen molar-refractivity contribution < 1.29 is 4.21 Å². The third kappa shape index (κ3) is 1.37. The molecule has 1 aromatic carbocycles. The van der Waals surface area contributed by atoms with Crippen LogP contribution >= 0.6 is 0 Å². The van der Waals surface area contributed by atoms with Gasteiger partial charge in [0.15, 0.2) is 0 Å². The summed E-state index contributed by atoms with van der Waals surface area (Å²) in [6.45, 7) is 0.927. The highest BCUT2D eigenvalue weighted by atomic mass is 32.2. The zero-order chi connectivity index (χ0) is 8.39. The number of nitrogens with zero attached hydrogens (tertiary/aromatic N) is 1. The van der Waals surface area contributed by atoms with E-state index in [2.05, 4.69) is 0 Å². The van der Waals surface area contributed by atoms with E-state index in [0.29, 0.717) is 0 Å². The summed E-state index contributed by atoms with van der Waals surface area (Å²) >= 11 is 0. The highest BCUT2D eigenvalue weighted by Crippen LogP contribution is 2.20. The number of hydrogen-bond donors (Lipinski definition) is 0. The second-order valence-electron chi connectivity index (χ2n) is 2.82. The highest BCUT2D eigenvalue weighted by Gasteiger charge is 2.19. The largest absolute Gasteiger partial charge is 0.292 e. The number of rotatable bonds is 1. The SMILES string of the molecule is O=S1CCCN1c1ccccc1. The van der Waals surface area contributed by atoms with E-state index >= 15 is 0 Å². The number of anilines is 1. The lowest BCUT2D eigenvalue weighted by molar-refractivity contribution is 0.685. The minimum atomic E-state index is -0.778. The van der Waals surface area contributed by atoms with Gasteiger partial charge in [-0.15, -0.1) is 0 Å². The predicted octanol–water partition coefficient (Wildman–Crippen LogP) is 1.56. The van der Waals surface area contributed by atoms with Gasteiger partial charge in [0.25, 0.3) is 0 Å². The second-order valence-corrected chi connectivity index (χ2v) is 4.31. The molecule has 1 fully saturated rings. The molecule has 1 aliphatic heterocycles. The van der Waals surface area contributed by atoms with Crippen LogP contribution < -0.4 is 4.31 Å². The molecule has 1 saturated heterocycles. The summed E-state index contributed by atoms with van der Waals surface area (Å²) in [7, 11) is -0.778. The number of benzene rings is 1. The van der Waals surface area contributed by atoms with Gasteiger partial charge in [-0.2, -0.15) is 0 Å². The summed E-state index contributed by atoms with van der Waals surface area (Å²) in [5.74, 6) is 0.814. The van der Waals surface area contributed by atoms with Crippen LogP contribution in [0.15, 0.2) is 30.3 Å². The van der Waals surface area contributed by atoms with Crippen LogP contribution in [0.25, 0.3) is 0 Å². The van der Waals surface area contributed by atoms with Gasteiger partial charge in [0.1, 0.15) is 11.0 Å². The number of hydrogen-bond acceptors (Lipinski definition) is 1. The van der Waals surface area contributed by atoms with Crippen LogP contribution in [0, 0.1) is 0 Å². The summed E-state index contributed by atoms with van der Waals surface area (Å²) in [5, 5.41) is 0. The van der Waals surface area contributed by atoms with Gasteiger partial charge in [-0.25, -0.2) is 4.21 Å². The van der Waals surface area contributed by atoms with Crippen molar-refractivity contribution in [2.75, 3.05) is 16.6 Å². The fourth-order valence-electron chi connectivity index (χ4n) is 1.38. The maximum absolute atomic E-state index is 11.4. The van der Waals surface area contributed by atoms with Crippen LogP contribution in [0.4, 0.5) is 5.69 Å². The third-order valence-corrected chi connectivity index (χ3v) is 3.49. The zero-order valence-corrected chi connectivity index (χ0v) is 7.59. The molecule has 3 heteroatoms. The molecule has 1 aromatic rings. The fraction of sp³-hybridized carbons (Fsp3) is 0.333. The molecule has 0 aromatic heterocycles. The van der Waals surface area contributed by atoms with Gasteiger partial charge < -0.3 is 0 Å². The van der Waals surface area contributed by atoms with Gasteiger partial charge in [0.2, 0.25) is 0 Å². The molecule has 2 rings (SSSR count).